The zero-order valence-corrected chi connectivity index (χ0v) is 17.8. The fourth-order valence-electron chi connectivity index (χ4n) is 3.55. The number of hydrogen-bond donors (Lipinski definition) is 1. The van der Waals surface area contributed by atoms with Gasteiger partial charge in [0.15, 0.2) is 6.61 Å². The molecule has 4 rings (SSSR count). The smallest absolute Gasteiger partial charge is 0.339 e. The average molecular weight is 444 g/mol. The van der Waals surface area contributed by atoms with Crippen LogP contribution in [0.2, 0.25) is 10.0 Å². The summed E-state index contributed by atoms with van der Waals surface area (Å²) < 4.78 is 5.37. The molecule has 6 nitrogen and oxygen atoms in total. The van der Waals surface area contributed by atoms with Crippen molar-refractivity contribution in [1.29, 1.82) is 0 Å². The molecule has 0 saturated heterocycles. The van der Waals surface area contributed by atoms with Gasteiger partial charge in [-0.3, -0.25) is 9.78 Å². The van der Waals surface area contributed by atoms with Gasteiger partial charge in [-0.2, -0.15) is 0 Å². The number of para-hydroxylation sites is 2. The van der Waals surface area contributed by atoms with Crippen molar-refractivity contribution >= 4 is 51.7 Å². The van der Waals surface area contributed by atoms with Crippen molar-refractivity contribution in [2.45, 2.75) is 13.0 Å². The molecule has 8 heteroatoms. The predicted octanol–water partition coefficient (Wildman–Crippen LogP) is 4.33. The number of hydrogen-bond acceptors (Lipinski definition) is 5. The lowest BCUT2D eigenvalue weighted by molar-refractivity contribution is -0.119. The molecule has 0 fully saturated rings. The Morgan fingerprint density at radius 3 is 2.63 bits per heavy atom. The van der Waals surface area contributed by atoms with E-state index >= 15 is 0 Å². The highest BCUT2D eigenvalue weighted by Gasteiger charge is 2.26. The second-order valence-electron chi connectivity index (χ2n) is 7.14. The highest BCUT2D eigenvalue weighted by molar-refractivity contribution is 6.39. The Balaban J connectivity index is 1.58. The van der Waals surface area contributed by atoms with Crippen molar-refractivity contribution in [2.24, 2.45) is 0 Å². The van der Waals surface area contributed by atoms with E-state index in [2.05, 4.69) is 10.2 Å². The van der Waals surface area contributed by atoms with Crippen LogP contribution in [0.25, 0.3) is 10.9 Å². The molecule has 154 valence electrons. The first-order chi connectivity index (χ1) is 14.4. The molecule has 1 aliphatic heterocycles. The van der Waals surface area contributed by atoms with E-state index in [0.717, 1.165) is 29.7 Å². The number of fused-ring (bicyclic) bond motifs is 2. The number of rotatable bonds is 4. The second-order valence-corrected chi connectivity index (χ2v) is 7.95. The minimum atomic E-state index is -0.555. The lowest BCUT2D eigenvalue weighted by atomic mass is 9.96. The molecular formula is C22H19Cl2N3O3. The monoisotopic (exact) mass is 443 g/mol. The van der Waals surface area contributed by atoms with Crippen LogP contribution in [0.15, 0.2) is 42.5 Å². The lowest BCUT2D eigenvalue weighted by Crippen LogP contribution is -2.30. The maximum absolute atomic E-state index is 13.0. The van der Waals surface area contributed by atoms with Crippen molar-refractivity contribution in [3.63, 3.8) is 0 Å². The number of nitrogens with zero attached hydrogens (tertiary/aromatic N) is 2. The van der Waals surface area contributed by atoms with Gasteiger partial charge in [0.2, 0.25) is 0 Å². The Bertz CT molecular complexity index is 1130. The molecule has 1 N–H and O–H groups in total. The molecule has 3 aromatic rings. The number of pyridine rings is 1. The van der Waals surface area contributed by atoms with Crippen LogP contribution in [0.4, 0.5) is 5.69 Å². The third-order valence-corrected chi connectivity index (χ3v) is 5.63. The summed E-state index contributed by atoms with van der Waals surface area (Å²) in [4.78, 5) is 32.2. The van der Waals surface area contributed by atoms with Crippen molar-refractivity contribution in [3.8, 4) is 0 Å². The van der Waals surface area contributed by atoms with Gasteiger partial charge in [-0.05, 0) is 25.2 Å². The van der Waals surface area contributed by atoms with E-state index in [0.29, 0.717) is 27.5 Å². The van der Waals surface area contributed by atoms with Crippen LogP contribution >= 0.6 is 23.2 Å². The van der Waals surface area contributed by atoms with Gasteiger partial charge in [0.25, 0.3) is 5.91 Å². The summed E-state index contributed by atoms with van der Waals surface area (Å²) in [5.41, 5.74) is 3.23. The second kappa shape index (κ2) is 8.60. The van der Waals surface area contributed by atoms with E-state index in [1.807, 2.05) is 31.3 Å². The predicted molar refractivity (Wildman–Crippen MR) is 117 cm³/mol. The summed E-state index contributed by atoms with van der Waals surface area (Å²) in [6.45, 7) is 1.01. The van der Waals surface area contributed by atoms with Gasteiger partial charge >= 0.3 is 5.97 Å². The molecule has 0 aliphatic carbocycles. The Kier molecular flexibility index (Phi) is 5.90. The van der Waals surface area contributed by atoms with E-state index in [-0.39, 0.29) is 5.69 Å². The van der Waals surface area contributed by atoms with E-state index < -0.39 is 18.5 Å². The normalized spacial score (nSPS) is 13.7. The van der Waals surface area contributed by atoms with Gasteiger partial charge < -0.3 is 15.0 Å². The molecule has 2 aromatic carbocycles. The zero-order chi connectivity index (χ0) is 21.3. The molecule has 1 aliphatic rings. The van der Waals surface area contributed by atoms with Crippen LogP contribution in [0.1, 0.15) is 21.6 Å². The van der Waals surface area contributed by atoms with Gasteiger partial charge in [-0.15, -0.1) is 0 Å². The van der Waals surface area contributed by atoms with Crippen molar-refractivity contribution in [3.05, 3.63) is 69.3 Å². The fraction of sp³-hybridized carbons (Fsp3) is 0.227. The third-order valence-electron chi connectivity index (χ3n) is 5.00. The first kappa shape index (κ1) is 20.6. The number of halogens is 2. The summed E-state index contributed by atoms with van der Waals surface area (Å²) in [7, 11) is 1.99. The molecule has 0 atom stereocenters. The van der Waals surface area contributed by atoms with Gasteiger partial charge in [0.1, 0.15) is 0 Å². The minimum Gasteiger partial charge on any atom is -0.452 e. The van der Waals surface area contributed by atoms with Gasteiger partial charge in [-0.25, -0.2) is 4.79 Å². The van der Waals surface area contributed by atoms with Crippen LogP contribution in [0.5, 0.6) is 0 Å². The molecule has 2 heterocycles. The summed E-state index contributed by atoms with van der Waals surface area (Å²) in [6.07, 6.45) is 0.752. The number of amides is 1. The largest absolute Gasteiger partial charge is 0.452 e. The summed E-state index contributed by atoms with van der Waals surface area (Å²) in [6, 6.07) is 12.4. The van der Waals surface area contributed by atoms with E-state index in [1.165, 1.54) is 0 Å². The number of carbonyl (C=O) groups is 2. The maximum Gasteiger partial charge on any atom is 0.339 e. The number of aromatic nitrogens is 1. The third kappa shape index (κ3) is 4.12. The van der Waals surface area contributed by atoms with Crippen LogP contribution in [-0.2, 0) is 22.5 Å². The van der Waals surface area contributed by atoms with Gasteiger partial charge in [0.05, 0.1) is 26.8 Å². The van der Waals surface area contributed by atoms with Crippen LogP contribution in [0.3, 0.4) is 0 Å². The fourth-order valence-corrected chi connectivity index (χ4v) is 4.05. The molecule has 0 radical (unpaired) electrons. The van der Waals surface area contributed by atoms with Gasteiger partial charge in [-0.1, -0.05) is 47.5 Å². The lowest BCUT2D eigenvalue weighted by Gasteiger charge is -2.26. The number of nitrogens with one attached hydrogen (secondary N) is 1. The van der Waals surface area contributed by atoms with Crippen molar-refractivity contribution in [1.82, 2.24) is 9.88 Å². The maximum atomic E-state index is 13.0. The number of anilines is 1. The molecule has 1 aromatic heterocycles. The Morgan fingerprint density at radius 1 is 1.13 bits per heavy atom. The van der Waals surface area contributed by atoms with Crippen LogP contribution < -0.4 is 5.32 Å². The standard InChI is InChI=1S/C22H19Cl2N3O3/c1-27-10-9-18-14(11-27)20(13-5-2-3-8-17(13)25-18)22(29)30-12-19(28)26-21-15(23)6-4-7-16(21)24/h2-8H,9-12H2,1H3,(H,26,28). The van der Waals surface area contributed by atoms with Crippen molar-refractivity contribution < 1.29 is 14.3 Å². The Morgan fingerprint density at radius 2 is 1.87 bits per heavy atom. The quantitative estimate of drug-likeness (QED) is 0.607. The Labute approximate surface area is 183 Å². The summed E-state index contributed by atoms with van der Waals surface area (Å²) >= 11 is 12.1. The number of esters is 1. The molecule has 0 spiro atoms. The first-order valence-corrected chi connectivity index (χ1v) is 10.2. The topological polar surface area (TPSA) is 71.5 Å². The van der Waals surface area contributed by atoms with Crippen molar-refractivity contribution in [2.75, 3.05) is 25.5 Å². The van der Waals surface area contributed by atoms with Crippen LogP contribution in [-0.4, -0.2) is 42.0 Å². The molecule has 30 heavy (non-hydrogen) atoms. The molecule has 0 unspecified atom stereocenters. The summed E-state index contributed by atoms with van der Waals surface area (Å²) in [5, 5.41) is 3.92. The zero-order valence-electron chi connectivity index (χ0n) is 16.2. The first-order valence-electron chi connectivity index (χ1n) is 9.44. The molecule has 0 saturated carbocycles. The average Bonchev–Trinajstić information content (AvgIpc) is 2.73. The summed E-state index contributed by atoms with van der Waals surface area (Å²) in [5.74, 6) is -1.08. The number of ether oxygens (including phenoxy) is 1. The Hall–Kier alpha value is -2.67. The SMILES string of the molecule is CN1CCc2nc3ccccc3c(C(=O)OCC(=O)Nc3c(Cl)cccc3Cl)c2C1. The highest BCUT2D eigenvalue weighted by Crippen LogP contribution is 2.30. The van der Waals surface area contributed by atoms with E-state index in [1.54, 1.807) is 18.2 Å². The number of carbonyl (C=O) groups excluding carboxylic acids is 2. The number of likely N-dealkylation sites (N-methyl/N-ethyl adjacent to an activating group) is 1. The molecular weight excluding hydrogens is 425 g/mol. The van der Waals surface area contributed by atoms with E-state index in [9.17, 15) is 9.59 Å². The van der Waals surface area contributed by atoms with Gasteiger partial charge in [0, 0.05) is 36.2 Å². The minimum absolute atomic E-state index is 0.287. The highest BCUT2D eigenvalue weighted by atomic mass is 35.5. The molecule has 1 amide bonds. The molecule has 0 bridgehead atoms. The number of benzene rings is 2. The van der Waals surface area contributed by atoms with E-state index in [4.69, 9.17) is 32.9 Å². The van der Waals surface area contributed by atoms with Crippen LogP contribution in [0, 0.1) is 0 Å².